The molecule has 0 amide bonds. The number of fused-ring (bicyclic) bond motifs is 2. The number of aryl methyl sites for hydroxylation is 2. The van der Waals surface area contributed by atoms with E-state index in [2.05, 4.69) is 177 Å². The van der Waals surface area contributed by atoms with Crippen LogP contribution in [0.1, 0.15) is 114 Å². The van der Waals surface area contributed by atoms with Gasteiger partial charge in [0, 0.05) is 45.8 Å². The Labute approximate surface area is 430 Å². The van der Waals surface area contributed by atoms with E-state index in [-0.39, 0.29) is 43.1 Å². The Morgan fingerprint density at radius 1 is 0.638 bits per heavy atom. The smallest absolute Gasteiger partial charge is 0.123 e. The summed E-state index contributed by atoms with van der Waals surface area (Å²) in [6.45, 7) is 4.87. The van der Waals surface area contributed by atoms with Gasteiger partial charge in [0.2, 0.25) is 0 Å². The minimum absolute atomic E-state index is 0. The molecule has 1 fully saturated rings. The maximum Gasteiger partial charge on any atom is 0.123 e. The summed E-state index contributed by atoms with van der Waals surface area (Å²) >= 11 is 0. The third-order valence-corrected chi connectivity index (χ3v) is 13.3. The third kappa shape index (κ3) is 10.1. The molecular formula is C64H59IrN3O-2. The zero-order valence-corrected chi connectivity index (χ0v) is 41.9. The summed E-state index contributed by atoms with van der Waals surface area (Å²) in [6.07, 6.45) is 7.89. The van der Waals surface area contributed by atoms with Crippen LogP contribution in [0.5, 0.6) is 0 Å². The van der Waals surface area contributed by atoms with Crippen molar-refractivity contribution in [2.24, 2.45) is 0 Å². The summed E-state index contributed by atoms with van der Waals surface area (Å²) in [5.74, 6) is 2.92. The monoisotopic (exact) mass is 1080 g/mol. The maximum atomic E-state index is 7.28. The standard InChI is InChI=1S/C51H47N2O.C13H12N.Ir/c1-33(2)42-28-40(36-18-10-6-11-19-36)29-43(34(3)4)50(42)53-47-23-15-14-22-46(47)52-51(53)41-30-44(38-26-24-37(25-27-38)35-16-8-5-9-17-35)45-32-48(54-49(45)31-41)39-20-12-7-13-21-39;1-10-3-6-12(7-4-10)13-8-5-11(2)9-14-13;/h6-7,10-15,18-30,32-35H,5,8-9,16-17H2,1-4H3;3-6,8-9H,1-2H3;/q2*-1;/i;1D3,2D3;. The number of aromatic nitrogens is 3. The van der Waals surface area contributed by atoms with E-state index in [1.54, 1.807) is 12.1 Å². The van der Waals surface area contributed by atoms with Gasteiger partial charge in [-0.3, -0.25) is 4.98 Å². The second-order valence-corrected chi connectivity index (χ2v) is 18.6. The number of nitrogens with zero attached hydrogens (tertiary/aromatic N) is 3. The number of hydrogen-bond donors (Lipinski definition) is 0. The van der Waals surface area contributed by atoms with E-state index < -0.39 is 13.7 Å². The van der Waals surface area contributed by atoms with Gasteiger partial charge in [-0.05, 0) is 112 Å². The van der Waals surface area contributed by atoms with Crippen molar-refractivity contribution in [3.8, 4) is 61.9 Å². The van der Waals surface area contributed by atoms with Crippen LogP contribution in [0.2, 0.25) is 0 Å². The third-order valence-electron chi connectivity index (χ3n) is 13.3. The van der Waals surface area contributed by atoms with Crippen molar-refractivity contribution in [3.05, 3.63) is 210 Å². The summed E-state index contributed by atoms with van der Waals surface area (Å²) in [5, 5.41) is 1.06. The fourth-order valence-corrected chi connectivity index (χ4v) is 9.73. The van der Waals surface area contributed by atoms with E-state index in [4.69, 9.17) is 17.6 Å². The Hall–Kier alpha value is -6.65. The molecule has 0 unspecified atom stereocenters. The predicted molar refractivity (Wildman–Crippen MR) is 283 cm³/mol. The topological polar surface area (TPSA) is 43.9 Å². The Morgan fingerprint density at radius 2 is 1.30 bits per heavy atom. The summed E-state index contributed by atoms with van der Waals surface area (Å²) < 4.78 is 52.8. The molecule has 1 aliphatic rings. The summed E-state index contributed by atoms with van der Waals surface area (Å²) in [5.41, 5.74) is 16.3. The first-order chi connectivity index (χ1) is 35.6. The van der Waals surface area contributed by atoms with Gasteiger partial charge in [0.1, 0.15) is 5.76 Å². The molecule has 11 rings (SSSR count). The van der Waals surface area contributed by atoms with Crippen LogP contribution in [0.4, 0.5) is 0 Å². The number of benzene rings is 7. The van der Waals surface area contributed by atoms with Gasteiger partial charge in [0.05, 0.1) is 22.4 Å². The number of para-hydroxylation sites is 2. The molecule has 10 aromatic rings. The van der Waals surface area contributed by atoms with E-state index in [0.29, 0.717) is 17.2 Å². The Kier molecular flexibility index (Phi) is 12.2. The molecule has 0 aliphatic heterocycles. The van der Waals surface area contributed by atoms with E-state index in [9.17, 15) is 0 Å². The van der Waals surface area contributed by atoms with Gasteiger partial charge >= 0.3 is 0 Å². The predicted octanol–water partition coefficient (Wildman–Crippen LogP) is 17.7. The van der Waals surface area contributed by atoms with Crippen LogP contribution < -0.4 is 0 Å². The molecule has 69 heavy (non-hydrogen) atoms. The maximum absolute atomic E-state index is 7.28. The molecule has 0 atom stereocenters. The first-order valence-electron chi connectivity index (χ1n) is 27.0. The van der Waals surface area contributed by atoms with Gasteiger partial charge < -0.3 is 14.0 Å². The van der Waals surface area contributed by atoms with Gasteiger partial charge in [0.25, 0.3) is 0 Å². The fraction of sp³-hybridized carbons (Fsp3) is 0.219. The summed E-state index contributed by atoms with van der Waals surface area (Å²) in [4.78, 5) is 9.49. The molecule has 347 valence electrons. The van der Waals surface area contributed by atoms with Crippen LogP contribution >= 0.6 is 0 Å². The molecule has 0 spiro atoms. The summed E-state index contributed by atoms with van der Waals surface area (Å²) in [6, 6.07) is 62.5. The Balaban J connectivity index is 0.000000277. The average Bonchev–Trinajstić information content (AvgIpc) is 4.05. The molecule has 1 aliphatic carbocycles. The quantitative estimate of drug-likeness (QED) is 0.135. The molecule has 1 radical (unpaired) electrons. The van der Waals surface area contributed by atoms with E-state index in [1.165, 1.54) is 95.6 Å². The molecule has 0 N–H and O–H groups in total. The number of rotatable bonds is 9. The molecule has 3 heterocycles. The minimum Gasteiger partial charge on any atom is -0.477 e. The molecule has 7 aromatic carbocycles. The first kappa shape index (κ1) is 40.3. The van der Waals surface area contributed by atoms with Crippen LogP contribution in [0.25, 0.3) is 83.9 Å². The zero-order valence-electron chi connectivity index (χ0n) is 45.5. The van der Waals surface area contributed by atoms with Gasteiger partial charge in [-0.25, -0.2) is 0 Å². The van der Waals surface area contributed by atoms with E-state index in [0.717, 1.165) is 50.3 Å². The van der Waals surface area contributed by atoms with E-state index >= 15 is 0 Å². The van der Waals surface area contributed by atoms with Crippen LogP contribution in [0.3, 0.4) is 0 Å². The van der Waals surface area contributed by atoms with E-state index in [1.807, 2.05) is 6.07 Å². The molecule has 5 heteroatoms. The molecule has 0 saturated heterocycles. The average molecular weight is 1080 g/mol. The van der Waals surface area contributed by atoms with Crippen LogP contribution in [-0.2, 0) is 20.1 Å². The van der Waals surface area contributed by atoms with Crippen molar-refractivity contribution in [1.29, 1.82) is 0 Å². The molecule has 4 nitrogen and oxygen atoms in total. The van der Waals surface area contributed by atoms with Crippen LogP contribution in [-0.4, -0.2) is 14.5 Å². The SMILES string of the molecule is CC(C)c1cc(-c2ccccc2)cc(C(C)C)c1-n1c(-c2[c-]c3oc(-c4ccccc4)cc3c(-c3ccc(C4CCCCC4)cc3)c2)nc2ccccc21.[2H]C([2H])([2H])c1c[c-]c(-c2ccc(C([2H])([2H])[2H])cn2)cc1.[Ir]. The first-order valence-corrected chi connectivity index (χ1v) is 24.0. The Morgan fingerprint density at radius 3 is 1.94 bits per heavy atom. The van der Waals surface area contributed by atoms with Crippen LogP contribution in [0, 0.1) is 25.8 Å². The van der Waals surface area contributed by atoms with Crippen molar-refractivity contribution < 1.29 is 32.7 Å². The van der Waals surface area contributed by atoms with Gasteiger partial charge in [0.15, 0.2) is 0 Å². The number of pyridine rings is 1. The van der Waals surface area contributed by atoms with Crippen molar-refractivity contribution in [2.45, 2.75) is 91.3 Å². The van der Waals surface area contributed by atoms with Gasteiger partial charge in [-0.15, -0.1) is 47.0 Å². The molecule has 3 aromatic heterocycles. The van der Waals surface area contributed by atoms with Crippen molar-refractivity contribution in [2.75, 3.05) is 0 Å². The number of hydrogen-bond acceptors (Lipinski definition) is 3. The largest absolute Gasteiger partial charge is 0.477 e. The van der Waals surface area contributed by atoms with Gasteiger partial charge in [-0.2, -0.15) is 0 Å². The number of furan rings is 1. The van der Waals surface area contributed by atoms with Gasteiger partial charge in [-0.1, -0.05) is 180 Å². The molecule has 0 bridgehead atoms. The van der Waals surface area contributed by atoms with Crippen molar-refractivity contribution >= 4 is 22.0 Å². The number of imidazole rings is 1. The van der Waals surface area contributed by atoms with Crippen LogP contribution in [0.15, 0.2) is 174 Å². The zero-order chi connectivity index (χ0) is 51.7. The summed E-state index contributed by atoms with van der Waals surface area (Å²) in [7, 11) is 0. The second kappa shape index (κ2) is 20.9. The second-order valence-electron chi connectivity index (χ2n) is 18.6. The van der Waals surface area contributed by atoms with Crippen molar-refractivity contribution in [3.63, 3.8) is 0 Å². The van der Waals surface area contributed by atoms with Crippen molar-refractivity contribution in [1.82, 2.24) is 14.5 Å². The normalized spacial score (nSPS) is 14.5. The minimum atomic E-state index is -2.18. The Bertz CT molecular complexity index is 3450. The fourth-order valence-electron chi connectivity index (χ4n) is 9.73. The molecular weight excluding hydrogens is 1020 g/mol. The molecule has 1 saturated carbocycles.